The zero-order valence-electron chi connectivity index (χ0n) is 6.55. The molecular weight excluding hydrogens is 146 g/mol. The lowest BCUT2D eigenvalue weighted by Crippen LogP contribution is -2.50. The quantitative estimate of drug-likeness (QED) is 0.474. The van der Waals surface area contributed by atoms with E-state index in [0.29, 0.717) is 0 Å². The summed E-state index contributed by atoms with van der Waals surface area (Å²) in [6.07, 6.45) is 0. The standard InChI is InChI=1S/C6H11N3O2/c1-6(3-7)4(10)9(2)5(11)8-6/h3,7H2,1-2H3,(H,8,11). The second-order valence-corrected chi connectivity index (χ2v) is 2.83. The molecule has 3 amide bonds. The predicted molar refractivity (Wildman–Crippen MR) is 38.8 cm³/mol. The molecule has 3 N–H and O–H groups in total. The van der Waals surface area contributed by atoms with Gasteiger partial charge < -0.3 is 11.1 Å². The molecule has 0 aromatic heterocycles. The van der Waals surface area contributed by atoms with E-state index in [-0.39, 0.29) is 18.5 Å². The van der Waals surface area contributed by atoms with Crippen molar-refractivity contribution >= 4 is 11.9 Å². The van der Waals surface area contributed by atoms with Gasteiger partial charge in [-0.15, -0.1) is 0 Å². The number of nitrogens with two attached hydrogens (primary N) is 1. The van der Waals surface area contributed by atoms with Crippen LogP contribution in [0.3, 0.4) is 0 Å². The summed E-state index contributed by atoms with van der Waals surface area (Å²) in [6, 6.07) is -0.386. The summed E-state index contributed by atoms with van der Waals surface area (Å²) >= 11 is 0. The van der Waals surface area contributed by atoms with Gasteiger partial charge in [0.2, 0.25) is 0 Å². The Balaban J connectivity index is 2.91. The summed E-state index contributed by atoms with van der Waals surface area (Å²) in [5, 5.41) is 2.49. The monoisotopic (exact) mass is 157 g/mol. The van der Waals surface area contributed by atoms with Crippen LogP contribution >= 0.6 is 0 Å². The van der Waals surface area contributed by atoms with Gasteiger partial charge in [-0.05, 0) is 6.92 Å². The second kappa shape index (κ2) is 2.20. The fourth-order valence-corrected chi connectivity index (χ4v) is 0.974. The molecule has 1 rings (SSSR count). The van der Waals surface area contributed by atoms with E-state index in [9.17, 15) is 9.59 Å². The van der Waals surface area contributed by atoms with Crippen molar-refractivity contribution in [3.63, 3.8) is 0 Å². The maximum absolute atomic E-state index is 11.2. The summed E-state index contributed by atoms with van der Waals surface area (Å²) in [7, 11) is 1.43. The molecule has 0 aromatic rings. The van der Waals surface area contributed by atoms with Crippen LogP contribution in [0.25, 0.3) is 0 Å². The number of carbonyl (C=O) groups excluding carboxylic acids is 2. The van der Waals surface area contributed by atoms with Crippen molar-refractivity contribution in [3.8, 4) is 0 Å². The highest BCUT2D eigenvalue weighted by Crippen LogP contribution is 2.13. The molecule has 0 bridgehead atoms. The molecule has 1 atom stereocenters. The van der Waals surface area contributed by atoms with Crippen molar-refractivity contribution in [1.82, 2.24) is 10.2 Å². The number of imide groups is 1. The summed E-state index contributed by atoms with van der Waals surface area (Å²) in [6.45, 7) is 1.73. The van der Waals surface area contributed by atoms with Gasteiger partial charge in [0.25, 0.3) is 5.91 Å². The molecule has 1 aliphatic rings. The number of rotatable bonds is 1. The van der Waals surface area contributed by atoms with Crippen molar-refractivity contribution in [2.24, 2.45) is 5.73 Å². The number of amides is 3. The minimum Gasteiger partial charge on any atom is -0.328 e. The highest BCUT2D eigenvalue weighted by atomic mass is 16.2. The summed E-state index contributed by atoms with van der Waals surface area (Å²) < 4.78 is 0. The first-order chi connectivity index (χ1) is 5.01. The third kappa shape index (κ3) is 0.970. The molecule has 1 unspecified atom stereocenters. The van der Waals surface area contributed by atoms with E-state index in [2.05, 4.69) is 5.32 Å². The van der Waals surface area contributed by atoms with E-state index in [4.69, 9.17) is 5.73 Å². The number of hydrogen-bond donors (Lipinski definition) is 2. The SMILES string of the molecule is CN1C(=O)NC(C)(CN)C1=O. The lowest BCUT2D eigenvalue weighted by Gasteiger charge is -2.17. The number of carbonyl (C=O) groups is 2. The van der Waals surface area contributed by atoms with Crippen molar-refractivity contribution in [2.45, 2.75) is 12.5 Å². The van der Waals surface area contributed by atoms with Gasteiger partial charge >= 0.3 is 6.03 Å². The molecule has 1 saturated heterocycles. The highest BCUT2D eigenvalue weighted by Gasteiger charge is 2.44. The third-order valence-corrected chi connectivity index (χ3v) is 1.87. The average molecular weight is 157 g/mol. The highest BCUT2D eigenvalue weighted by molar-refractivity contribution is 6.06. The maximum Gasteiger partial charge on any atom is 0.324 e. The van der Waals surface area contributed by atoms with Gasteiger partial charge in [0.05, 0.1) is 0 Å². The Kier molecular flexibility index (Phi) is 1.60. The molecule has 11 heavy (non-hydrogen) atoms. The number of hydrogen-bond acceptors (Lipinski definition) is 3. The number of urea groups is 1. The minimum atomic E-state index is -0.897. The zero-order chi connectivity index (χ0) is 8.65. The molecule has 0 radical (unpaired) electrons. The first kappa shape index (κ1) is 8.00. The zero-order valence-corrected chi connectivity index (χ0v) is 6.55. The predicted octanol–water partition coefficient (Wildman–Crippen LogP) is -1.11. The maximum atomic E-state index is 11.2. The minimum absolute atomic E-state index is 0.127. The largest absolute Gasteiger partial charge is 0.328 e. The fourth-order valence-electron chi connectivity index (χ4n) is 0.974. The van der Waals surface area contributed by atoms with E-state index in [1.807, 2.05) is 0 Å². The topological polar surface area (TPSA) is 75.4 Å². The van der Waals surface area contributed by atoms with Crippen LogP contribution in [0, 0.1) is 0 Å². The molecule has 62 valence electrons. The van der Waals surface area contributed by atoms with Gasteiger partial charge in [0.1, 0.15) is 5.54 Å². The molecule has 5 heteroatoms. The Bertz CT molecular complexity index is 216. The molecule has 1 aliphatic heterocycles. The van der Waals surface area contributed by atoms with Gasteiger partial charge in [0.15, 0.2) is 0 Å². The van der Waals surface area contributed by atoms with Crippen molar-refractivity contribution in [1.29, 1.82) is 0 Å². The normalized spacial score (nSPS) is 31.0. The van der Waals surface area contributed by atoms with Crippen LogP contribution in [0.15, 0.2) is 0 Å². The molecule has 5 nitrogen and oxygen atoms in total. The molecule has 0 aliphatic carbocycles. The Morgan fingerprint density at radius 3 is 2.36 bits per heavy atom. The molecule has 1 heterocycles. The van der Waals surface area contributed by atoms with Crippen molar-refractivity contribution < 1.29 is 9.59 Å². The Morgan fingerprint density at radius 1 is 1.64 bits per heavy atom. The van der Waals surface area contributed by atoms with Crippen LogP contribution in [0.4, 0.5) is 4.79 Å². The van der Waals surface area contributed by atoms with Crippen LogP contribution in [-0.2, 0) is 4.79 Å². The Labute approximate surface area is 64.5 Å². The van der Waals surface area contributed by atoms with Crippen LogP contribution in [0.5, 0.6) is 0 Å². The number of nitrogens with one attached hydrogen (secondary N) is 1. The Morgan fingerprint density at radius 2 is 2.18 bits per heavy atom. The lowest BCUT2D eigenvalue weighted by molar-refractivity contribution is -0.129. The summed E-state index contributed by atoms with van der Waals surface area (Å²) in [4.78, 5) is 23.2. The van der Waals surface area contributed by atoms with E-state index in [1.165, 1.54) is 7.05 Å². The lowest BCUT2D eigenvalue weighted by atomic mass is 10.0. The van der Waals surface area contributed by atoms with Crippen LogP contribution < -0.4 is 11.1 Å². The van der Waals surface area contributed by atoms with E-state index in [0.717, 1.165) is 4.90 Å². The van der Waals surface area contributed by atoms with E-state index < -0.39 is 5.54 Å². The van der Waals surface area contributed by atoms with Crippen molar-refractivity contribution in [2.75, 3.05) is 13.6 Å². The molecule has 1 fully saturated rings. The van der Waals surface area contributed by atoms with Crippen LogP contribution in [0.1, 0.15) is 6.92 Å². The average Bonchev–Trinajstić information content (AvgIpc) is 2.17. The smallest absolute Gasteiger partial charge is 0.324 e. The van der Waals surface area contributed by atoms with Gasteiger partial charge in [0, 0.05) is 13.6 Å². The summed E-state index contributed by atoms with van der Waals surface area (Å²) in [5.74, 6) is -0.273. The first-order valence-electron chi connectivity index (χ1n) is 3.31. The van der Waals surface area contributed by atoms with Gasteiger partial charge in [-0.3, -0.25) is 9.69 Å². The van der Waals surface area contributed by atoms with E-state index in [1.54, 1.807) is 6.92 Å². The molecule has 0 saturated carbocycles. The molecule has 0 spiro atoms. The summed E-state index contributed by atoms with van der Waals surface area (Å²) in [5.41, 5.74) is 4.42. The fraction of sp³-hybridized carbons (Fsp3) is 0.667. The Hall–Kier alpha value is -1.10. The van der Waals surface area contributed by atoms with Crippen LogP contribution in [0.2, 0.25) is 0 Å². The van der Waals surface area contributed by atoms with Crippen LogP contribution in [-0.4, -0.2) is 36.0 Å². The van der Waals surface area contributed by atoms with Crippen molar-refractivity contribution in [3.05, 3.63) is 0 Å². The molecular formula is C6H11N3O2. The van der Waals surface area contributed by atoms with Gasteiger partial charge in [-0.1, -0.05) is 0 Å². The first-order valence-corrected chi connectivity index (χ1v) is 3.31. The second-order valence-electron chi connectivity index (χ2n) is 2.83. The van der Waals surface area contributed by atoms with E-state index >= 15 is 0 Å². The van der Waals surface area contributed by atoms with Gasteiger partial charge in [-0.25, -0.2) is 4.79 Å². The molecule has 0 aromatic carbocycles. The number of likely N-dealkylation sites (N-methyl/N-ethyl adjacent to an activating group) is 1. The number of nitrogens with zero attached hydrogens (tertiary/aromatic N) is 1. The third-order valence-electron chi connectivity index (χ3n) is 1.87. The van der Waals surface area contributed by atoms with Gasteiger partial charge in [-0.2, -0.15) is 0 Å².